The third-order valence-electron chi connectivity index (χ3n) is 4.75. The number of hydrogen-bond donors (Lipinski definition) is 3. The van der Waals surface area contributed by atoms with Gasteiger partial charge in [-0.3, -0.25) is 9.89 Å². The van der Waals surface area contributed by atoms with Gasteiger partial charge < -0.3 is 15.4 Å². The summed E-state index contributed by atoms with van der Waals surface area (Å²) in [5.74, 6) is 0.00838. The van der Waals surface area contributed by atoms with Gasteiger partial charge in [0.1, 0.15) is 11.6 Å². The number of hydrogen-bond acceptors (Lipinski definition) is 4. The summed E-state index contributed by atoms with van der Waals surface area (Å²) in [7, 11) is 1.61. The van der Waals surface area contributed by atoms with E-state index in [0.717, 1.165) is 22.4 Å². The van der Waals surface area contributed by atoms with Gasteiger partial charge in [0.2, 0.25) is 5.91 Å². The molecule has 7 heteroatoms. The molecule has 2 heterocycles. The van der Waals surface area contributed by atoms with Crippen LogP contribution in [-0.2, 0) is 17.8 Å². The number of aromatic amines is 1. The summed E-state index contributed by atoms with van der Waals surface area (Å²) >= 11 is 0. The van der Waals surface area contributed by atoms with Gasteiger partial charge in [-0.25, -0.2) is 4.39 Å². The zero-order valence-corrected chi connectivity index (χ0v) is 14.8. The van der Waals surface area contributed by atoms with Gasteiger partial charge in [0.15, 0.2) is 0 Å². The lowest BCUT2D eigenvalue weighted by atomic mass is 9.95. The Morgan fingerprint density at radius 1 is 1.22 bits per heavy atom. The van der Waals surface area contributed by atoms with Crippen LogP contribution < -0.4 is 15.4 Å². The second-order valence-electron chi connectivity index (χ2n) is 6.44. The van der Waals surface area contributed by atoms with E-state index >= 15 is 0 Å². The quantitative estimate of drug-likeness (QED) is 0.663. The average Bonchev–Trinajstić information content (AvgIpc) is 3.23. The number of rotatable bonds is 4. The van der Waals surface area contributed by atoms with Crippen molar-refractivity contribution < 1.29 is 13.9 Å². The number of amides is 1. The number of carbonyl (C=O) groups excluding carboxylic acids is 1. The van der Waals surface area contributed by atoms with E-state index in [-0.39, 0.29) is 11.6 Å². The van der Waals surface area contributed by atoms with E-state index in [9.17, 15) is 9.18 Å². The second kappa shape index (κ2) is 7.20. The molecule has 3 aromatic rings. The van der Waals surface area contributed by atoms with Gasteiger partial charge in [-0.1, -0.05) is 12.1 Å². The van der Waals surface area contributed by atoms with Crippen molar-refractivity contribution in [2.45, 2.75) is 19.0 Å². The van der Waals surface area contributed by atoms with Gasteiger partial charge in [-0.15, -0.1) is 0 Å². The number of methoxy groups -OCH3 is 1. The summed E-state index contributed by atoms with van der Waals surface area (Å²) in [6, 6.07) is 10.1. The fourth-order valence-corrected chi connectivity index (χ4v) is 3.23. The van der Waals surface area contributed by atoms with E-state index in [1.54, 1.807) is 31.6 Å². The molecule has 1 aromatic heterocycles. The molecule has 6 nitrogen and oxygen atoms in total. The lowest BCUT2D eigenvalue weighted by Crippen LogP contribution is -2.44. The maximum atomic E-state index is 14.4. The predicted octanol–water partition coefficient (Wildman–Crippen LogP) is 2.88. The fourth-order valence-electron chi connectivity index (χ4n) is 3.23. The lowest BCUT2D eigenvalue weighted by molar-refractivity contribution is -0.118. The minimum Gasteiger partial charge on any atom is -0.497 e. The van der Waals surface area contributed by atoms with E-state index < -0.39 is 11.9 Å². The molecule has 4 rings (SSSR count). The zero-order chi connectivity index (χ0) is 18.8. The van der Waals surface area contributed by atoms with Crippen LogP contribution in [0.3, 0.4) is 0 Å². The molecular formula is C20H19FN4O2. The zero-order valence-electron chi connectivity index (χ0n) is 14.8. The number of carbonyl (C=O) groups is 1. The minimum absolute atomic E-state index is 0.158. The highest BCUT2D eigenvalue weighted by atomic mass is 19.1. The van der Waals surface area contributed by atoms with E-state index in [1.807, 2.05) is 18.2 Å². The lowest BCUT2D eigenvalue weighted by Gasteiger charge is -2.25. The van der Waals surface area contributed by atoms with Crippen molar-refractivity contribution in [1.29, 1.82) is 0 Å². The first-order valence-corrected chi connectivity index (χ1v) is 8.63. The second-order valence-corrected chi connectivity index (χ2v) is 6.44. The molecule has 0 radical (unpaired) electrons. The third kappa shape index (κ3) is 3.54. The van der Waals surface area contributed by atoms with Gasteiger partial charge >= 0.3 is 0 Å². The van der Waals surface area contributed by atoms with Crippen molar-refractivity contribution in [2.24, 2.45) is 0 Å². The molecule has 0 fully saturated rings. The number of H-pyrrole nitrogens is 1. The maximum Gasteiger partial charge on any atom is 0.241 e. The number of ether oxygens (including phenoxy) is 1. The van der Waals surface area contributed by atoms with E-state index in [1.165, 1.54) is 6.07 Å². The molecule has 0 bridgehead atoms. The topological polar surface area (TPSA) is 79.0 Å². The van der Waals surface area contributed by atoms with Crippen LogP contribution in [0.4, 0.5) is 10.1 Å². The molecule has 1 aliphatic rings. The number of nitrogens with one attached hydrogen (secondary N) is 3. The van der Waals surface area contributed by atoms with Crippen molar-refractivity contribution in [3.8, 4) is 16.9 Å². The molecule has 3 N–H and O–H groups in total. The van der Waals surface area contributed by atoms with Crippen molar-refractivity contribution in [2.75, 3.05) is 12.4 Å². The maximum absolute atomic E-state index is 14.4. The molecule has 0 saturated heterocycles. The number of halogens is 1. The van der Waals surface area contributed by atoms with Crippen LogP contribution in [0.1, 0.15) is 11.1 Å². The van der Waals surface area contributed by atoms with Gasteiger partial charge in [0.05, 0.1) is 25.0 Å². The molecule has 27 heavy (non-hydrogen) atoms. The number of aromatic nitrogens is 2. The highest BCUT2D eigenvalue weighted by molar-refractivity contribution is 5.95. The van der Waals surface area contributed by atoms with Gasteiger partial charge in [-0.2, -0.15) is 5.10 Å². The van der Waals surface area contributed by atoms with Crippen molar-refractivity contribution in [1.82, 2.24) is 15.5 Å². The Bertz CT molecular complexity index is 972. The largest absolute Gasteiger partial charge is 0.497 e. The molecule has 0 spiro atoms. The van der Waals surface area contributed by atoms with Gasteiger partial charge in [0.25, 0.3) is 0 Å². The molecule has 1 amide bonds. The highest BCUT2D eigenvalue weighted by Crippen LogP contribution is 2.25. The Hall–Kier alpha value is -3.19. The molecule has 1 aliphatic heterocycles. The van der Waals surface area contributed by atoms with E-state index in [2.05, 4.69) is 20.8 Å². The van der Waals surface area contributed by atoms with Crippen molar-refractivity contribution in [3.05, 3.63) is 65.7 Å². The first-order chi connectivity index (χ1) is 13.1. The first-order valence-electron chi connectivity index (χ1n) is 8.63. The predicted molar refractivity (Wildman–Crippen MR) is 99.9 cm³/mol. The normalized spacial score (nSPS) is 15.9. The molecule has 138 valence electrons. The summed E-state index contributed by atoms with van der Waals surface area (Å²) in [6.45, 7) is 0.583. The van der Waals surface area contributed by atoms with Gasteiger partial charge in [0, 0.05) is 18.3 Å². The monoisotopic (exact) mass is 366 g/mol. The summed E-state index contributed by atoms with van der Waals surface area (Å²) in [5.41, 5.74) is 3.83. The van der Waals surface area contributed by atoms with E-state index in [4.69, 9.17) is 4.74 Å². The Balaban J connectivity index is 1.48. The molecular weight excluding hydrogens is 347 g/mol. The van der Waals surface area contributed by atoms with Crippen LogP contribution >= 0.6 is 0 Å². The van der Waals surface area contributed by atoms with Crippen LogP contribution in [0.2, 0.25) is 0 Å². The van der Waals surface area contributed by atoms with Crippen molar-refractivity contribution in [3.63, 3.8) is 0 Å². The van der Waals surface area contributed by atoms with E-state index in [0.29, 0.717) is 18.5 Å². The van der Waals surface area contributed by atoms with Crippen LogP contribution in [0.5, 0.6) is 5.75 Å². The number of nitrogens with zero attached hydrogens (tertiary/aromatic N) is 1. The van der Waals surface area contributed by atoms with Crippen LogP contribution in [-0.4, -0.2) is 29.3 Å². The molecule has 0 saturated carbocycles. The van der Waals surface area contributed by atoms with Crippen LogP contribution in [0.25, 0.3) is 11.1 Å². The Labute approximate surface area is 155 Å². The highest BCUT2D eigenvalue weighted by Gasteiger charge is 2.25. The standard InChI is InChI=1S/C20H19FN4O2/c1-27-16-4-2-13-9-22-19(8-14(13)6-16)20(26)25-18-5-3-12(7-17(18)21)15-10-23-24-11-15/h2-7,10-11,19,22H,8-9H2,1H3,(H,23,24)(H,25,26). The average molecular weight is 366 g/mol. The van der Waals surface area contributed by atoms with Crippen LogP contribution in [0.15, 0.2) is 48.8 Å². The fraction of sp³-hybridized carbons (Fsp3) is 0.200. The Morgan fingerprint density at radius 2 is 2.11 bits per heavy atom. The molecule has 0 aliphatic carbocycles. The first kappa shape index (κ1) is 17.2. The SMILES string of the molecule is COc1ccc2c(c1)CC(C(=O)Nc1ccc(-c3cn[nH]c3)cc1F)NC2. The third-order valence-corrected chi connectivity index (χ3v) is 4.75. The molecule has 2 aromatic carbocycles. The minimum atomic E-state index is -0.486. The Kier molecular flexibility index (Phi) is 4.60. The molecule has 1 unspecified atom stereocenters. The number of fused-ring (bicyclic) bond motifs is 1. The molecule has 1 atom stereocenters. The van der Waals surface area contributed by atoms with Gasteiger partial charge in [-0.05, 0) is 47.4 Å². The number of anilines is 1. The van der Waals surface area contributed by atoms with Crippen LogP contribution in [0, 0.1) is 5.82 Å². The summed E-state index contributed by atoms with van der Waals surface area (Å²) in [5, 5.41) is 12.4. The number of benzene rings is 2. The summed E-state index contributed by atoms with van der Waals surface area (Å²) in [6.07, 6.45) is 3.82. The van der Waals surface area contributed by atoms with Crippen molar-refractivity contribution >= 4 is 11.6 Å². The summed E-state index contributed by atoms with van der Waals surface area (Å²) in [4.78, 5) is 12.6. The smallest absolute Gasteiger partial charge is 0.241 e. The Morgan fingerprint density at radius 3 is 2.85 bits per heavy atom. The summed E-state index contributed by atoms with van der Waals surface area (Å²) < 4.78 is 19.7.